The number of nitrogens with zero attached hydrogens (tertiary/aromatic N) is 1. The summed E-state index contributed by atoms with van der Waals surface area (Å²) in [7, 11) is 0. The van der Waals surface area contributed by atoms with Gasteiger partial charge in [-0.25, -0.2) is 4.39 Å². The minimum absolute atomic E-state index is 0.0573. The van der Waals surface area contributed by atoms with Crippen molar-refractivity contribution in [1.82, 2.24) is 4.98 Å². The molecule has 94 valence electrons. The van der Waals surface area contributed by atoms with E-state index in [0.717, 1.165) is 0 Å². The number of pyridine rings is 1. The molecule has 4 nitrogen and oxygen atoms in total. The van der Waals surface area contributed by atoms with Crippen LogP contribution in [0.3, 0.4) is 0 Å². The largest absolute Gasteiger partial charge is 0.480 e. The van der Waals surface area contributed by atoms with Crippen LogP contribution in [0.2, 0.25) is 0 Å². The van der Waals surface area contributed by atoms with Crippen molar-refractivity contribution in [3.63, 3.8) is 0 Å². The zero-order chi connectivity index (χ0) is 13.3. The van der Waals surface area contributed by atoms with E-state index in [0.29, 0.717) is 16.5 Å². The summed E-state index contributed by atoms with van der Waals surface area (Å²) in [5.41, 5.74) is 6.47. The van der Waals surface area contributed by atoms with Crippen LogP contribution in [-0.4, -0.2) is 22.1 Å². The minimum atomic E-state index is -1.12. The fraction of sp³-hybridized carbons (Fsp3) is 0.167. The summed E-state index contributed by atoms with van der Waals surface area (Å²) in [5.74, 6) is -1.59. The van der Waals surface area contributed by atoms with Crippen LogP contribution in [0.4, 0.5) is 4.39 Å². The lowest BCUT2D eigenvalue weighted by molar-refractivity contribution is -0.138. The Morgan fingerprint density at radius 2 is 2.33 bits per heavy atom. The number of carboxylic acid groups (broad SMARTS) is 1. The summed E-state index contributed by atoms with van der Waals surface area (Å²) < 4.78 is 14.0. The number of nitrogens with two attached hydrogens (primary N) is 1. The van der Waals surface area contributed by atoms with Gasteiger partial charge in [0, 0.05) is 11.6 Å². The van der Waals surface area contributed by atoms with Crippen LogP contribution in [0, 0.1) is 5.82 Å². The van der Waals surface area contributed by atoms with Gasteiger partial charge in [0.1, 0.15) is 11.9 Å². The molecule has 0 unspecified atom stereocenters. The molecule has 0 aliphatic rings. The maximum absolute atomic E-state index is 13.7. The molecule has 1 heterocycles. The summed E-state index contributed by atoms with van der Waals surface area (Å²) in [6.07, 6.45) is 1.61. The summed E-state index contributed by atoms with van der Waals surface area (Å²) in [6, 6.07) is 3.70. The highest BCUT2D eigenvalue weighted by molar-refractivity contribution is 9.10. The summed E-state index contributed by atoms with van der Waals surface area (Å²) in [5, 5.41) is 9.49. The molecular formula is C12H10BrFN2O2. The smallest absolute Gasteiger partial charge is 0.320 e. The van der Waals surface area contributed by atoms with Crippen molar-refractivity contribution in [2.75, 3.05) is 0 Å². The van der Waals surface area contributed by atoms with Gasteiger partial charge in [-0.3, -0.25) is 9.78 Å². The SMILES string of the molecule is N[C@@H](Cc1cc(F)c(Br)c2ncccc12)C(=O)O. The van der Waals surface area contributed by atoms with E-state index in [9.17, 15) is 9.18 Å². The molecule has 0 radical (unpaired) electrons. The number of carbonyl (C=O) groups is 1. The third kappa shape index (κ3) is 2.34. The van der Waals surface area contributed by atoms with Crippen LogP contribution in [0.1, 0.15) is 5.56 Å². The van der Waals surface area contributed by atoms with Crippen molar-refractivity contribution in [2.24, 2.45) is 5.73 Å². The van der Waals surface area contributed by atoms with Crippen LogP contribution in [0.15, 0.2) is 28.9 Å². The Morgan fingerprint density at radius 1 is 1.61 bits per heavy atom. The number of aliphatic carboxylic acids is 1. The Kier molecular flexibility index (Phi) is 3.58. The molecule has 0 saturated carbocycles. The van der Waals surface area contributed by atoms with Crippen LogP contribution >= 0.6 is 15.9 Å². The lowest BCUT2D eigenvalue weighted by atomic mass is 10.0. The Balaban J connectivity index is 2.57. The summed E-state index contributed by atoms with van der Waals surface area (Å²) in [4.78, 5) is 14.8. The molecule has 1 aromatic heterocycles. The number of carboxylic acids is 1. The van der Waals surface area contributed by atoms with E-state index in [1.54, 1.807) is 18.3 Å². The Bertz CT molecular complexity index is 618. The van der Waals surface area contributed by atoms with E-state index in [1.165, 1.54) is 6.07 Å². The molecule has 0 saturated heterocycles. The van der Waals surface area contributed by atoms with Gasteiger partial charge in [-0.2, -0.15) is 0 Å². The van der Waals surface area contributed by atoms with E-state index >= 15 is 0 Å². The molecule has 0 amide bonds. The van der Waals surface area contributed by atoms with Gasteiger partial charge in [0.15, 0.2) is 0 Å². The predicted molar refractivity (Wildman–Crippen MR) is 68.7 cm³/mol. The standard InChI is InChI=1S/C12H10BrFN2O2/c13-10-8(14)4-6(5-9(15)12(17)18)7-2-1-3-16-11(7)10/h1-4,9H,5,15H2,(H,17,18)/t9-/m0/s1. The number of fused-ring (bicyclic) bond motifs is 1. The van der Waals surface area contributed by atoms with Crippen molar-refractivity contribution in [2.45, 2.75) is 12.5 Å². The Morgan fingerprint density at radius 3 is 3.00 bits per heavy atom. The number of hydrogen-bond acceptors (Lipinski definition) is 3. The highest BCUT2D eigenvalue weighted by atomic mass is 79.9. The van der Waals surface area contributed by atoms with E-state index in [1.807, 2.05) is 0 Å². The fourth-order valence-electron chi connectivity index (χ4n) is 1.74. The molecule has 1 aromatic carbocycles. The number of benzene rings is 1. The van der Waals surface area contributed by atoms with Crippen molar-refractivity contribution < 1.29 is 14.3 Å². The minimum Gasteiger partial charge on any atom is -0.480 e. The topological polar surface area (TPSA) is 76.2 Å². The van der Waals surface area contributed by atoms with Crippen LogP contribution in [0.25, 0.3) is 10.9 Å². The van der Waals surface area contributed by atoms with Crippen LogP contribution in [0.5, 0.6) is 0 Å². The normalized spacial score (nSPS) is 12.6. The Hall–Kier alpha value is -1.53. The van der Waals surface area contributed by atoms with Crippen molar-refractivity contribution in [3.8, 4) is 0 Å². The molecule has 0 fully saturated rings. The second-order valence-corrected chi connectivity index (χ2v) is 4.67. The first-order chi connectivity index (χ1) is 8.50. The second kappa shape index (κ2) is 4.99. The van der Waals surface area contributed by atoms with Crippen molar-refractivity contribution in [1.29, 1.82) is 0 Å². The van der Waals surface area contributed by atoms with Gasteiger partial charge in [0.2, 0.25) is 0 Å². The number of halogens is 2. The van der Waals surface area contributed by atoms with Gasteiger partial charge < -0.3 is 10.8 Å². The van der Waals surface area contributed by atoms with Gasteiger partial charge in [-0.15, -0.1) is 0 Å². The highest BCUT2D eigenvalue weighted by Crippen LogP contribution is 2.28. The Labute approximate surface area is 111 Å². The zero-order valence-electron chi connectivity index (χ0n) is 9.23. The van der Waals surface area contributed by atoms with Crippen molar-refractivity contribution >= 4 is 32.8 Å². The molecule has 3 N–H and O–H groups in total. The molecule has 0 aliphatic carbocycles. The average molecular weight is 313 g/mol. The lowest BCUT2D eigenvalue weighted by Crippen LogP contribution is -2.32. The van der Waals surface area contributed by atoms with E-state index in [-0.39, 0.29) is 10.9 Å². The zero-order valence-corrected chi connectivity index (χ0v) is 10.8. The maximum atomic E-state index is 13.7. The van der Waals surface area contributed by atoms with Gasteiger partial charge in [0.25, 0.3) is 0 Å². The first-order valence-electron chi connectivity index (χ1n) is 5.20. The third-order valence-corrected chi connectivity index (χ3v) is 3.38. The lowest BCUT2D eigenvalue weighted by Gasteiger charge is -2.11. The van der Waals surface area contributed by atoms with E-state index in [2.05, 4.69) is 20.9 Å². The number of rotatable bonds is 3. The maximum Gasteiger partial charge on any atom is 0.320 e. The van der Waals surface area contributed by atoms with Gasteiger partial charge in [-0.1, -0.05) is 6.07 Å². The first kappa shape index (κ1) is 12.9. The van der Waals surface area contributed by atoms with Gasteiger partial charge >= 0.3 is 5.97 Å². The average Bonchev–Trinajstić information content (AvgIpc) is 2.35. The number of aromatic nitrogens is 1. The third-order valence-electron chi connectivity index (χ3n) is 2.63. The molecule has 0 spiro atoms. The summed E-state index contributed by atoms with van der Waals surface area (Å²) in [6.45, 7) is 0. The van der Waals surface area contributed by atoms with E-state index < -0.39 is 17.8 Å². The van der Waals surface area contributed by atoms with Crippen molar-refractivity contribution in [3.05, 3.63) is 40.2 Å². The number of hydrogen-bond donors (Lipinski definition) is 2. The molecule has 2 rings (SSSR count). The molecule has 2 aromatic rings. The molecule has 1 atom stereocenters. The highest BCUT2D eigenvalue weighted by Gasteiger charge is 2.17. The fourth-order valence-corrected chi connectivity index (χ4v) is 2.17. The molecule has 0 aliphatic heterocycles. The molecular weight excluding hydrogens is 303 g/mol. The van der Waals surface area contributed by atoms with Gasteiger partial charge in [0.05, 0.1) is 9.99 Å². The monoisotopic (exact) mass is 312 g/mol. The summed E-state index contributed by atoms with van der Waals surface area (Å²) >= 11 is 3.13. The molecule has 0 bridgehead atoms. The molecule has 6 heteroatoms. The first-order valence-corrected chi connectivity index (χ1v) is 6.00. The van der Waals surface area contributed by atoms with E-state index in [4.69, 9.17) is 10.8 Å². The van der Waals surface area contributed by atoms with Crippen LogP contribution < -0.4 is 5.73 Å². The molecule has 18 heavy (non-hydrogen) atoms. The van der Waals surface area contributed by atoms with Crippen LogP contribution in [-0.2, 0) is 11.2 Å². The second-order valence-electron chi connectivity index (χ2n) is 3.88. The predicted octanol–water partition coefficient (Wildman–Crippen LogP) is 2.09. The van der Waals surface area contributed by atoms with Gasteiger partial charge in [-0.05, 0) is 40.0 Å². The quantitative estimate of drug-likeness (QED) is 0.910.